The van der Waals surface area contributed by atoms with Crippen LogP contribution in [0.1, 0.15) is 11.5 Å². The van der Waals surface area contributed by atoms with Crippen molar-refractivity contribution in [2.45, 2.75) is 16.9 Å². The molecule has 0 aromatic heterocycles. The Morgan fingerprint density at radius 2 is 2.15 bits per heavy atom. The molecule has 3 rings (SSSR count). The monoisotopic (exact) mass is 293 g/mol. The minimum atomic E-state index is -1.00. The Kier molecular flexibility index (Phi) is 3.67. The van der Waals surface area contributed by atoms with Crippen LogP contribution in [-0.2, 0) is 14.3 Å². The maximum absolute atomic E-state index is 12.7. The van der Waals surface area contributed by atoms with Gasteiger partial charge in [0, 0.05) is 17.2 Å². The van der Waals surface area contributed by atoms with Gasteiger partial charge in [0.15, 0.2) is 6.04 Å². The lowest BCUT2D eigenvalue weighted by Gasteiger charge is -2.34. The van der Waals surface area contributed by atoms with Gasteiger partial charge in [0.2, 0.25) is 5.91 Å². The van der Waals surface area contributed by atoms with E-state index in [1.807, 2.05) is 24.3 Å². The zero-order valence-electron chi connectivity index (χ0n) is 10.8. The van der Waals surface area contributed by atoms with Crippen LogP contribution in [-0.4, -0.2) is 53.4 Å². The highest BCUT2D eigenvalue weighted by molar-refractivity contribution is 7.99. The number of carboxylic acid groups (broad SMARTS) is 1. The predicted molar refractivity (Wildman–Crippen MR) is 73.9 cm³/mol. The van der Waals surface area contributed by atoms with Crippen molar-refractivity contribution in [3.05, 3.63) is 29.8 Å². The van der Waals surface area contributed by atoms with Gasteiger partial charge in [-0.1, -0.05) is 18.2 Å². The fraction of sp³-hybridized carbons (Fsp3) is 0.429. The lowest BCUT2D eigenvalue weighted by atomic mass is 9.99. The summed E-state index contributed by atoms with van der Waals surface area (Å²) in [5.74, 6) is -0.659. The molecule has 0 spiro atoms. The number of carbonyl (C=O) groups excluding carboxylic acids is 1. The van der Waals surface area contributed by atoms with Crippen molar-refractivity contribution in [1.82, 2.24) is 4.90 Å². The van der Waals surface area contributed by atoms with Gasteiger partial charge in [-0.3, -0.25) is 4.79 Å². The molecule has 1 amide bonds. The summed E-state index contributed by atoms with van der Waals surface area (Å²) < 4.78 is 5.18. The largest absolute Gasteiger partial charge is 0.480 e. The Hall–Kier alpha value is -1.53. The summed E-state index contributed by atoms with van der Waals surface area (Å²) in [6.45, 7) is 0.818. The molecule has 2 aliphatic heterocycles. The number of morpholine rings is 1. The van der Waals surface area contributed by atoms with Crippen molar-refractivity contribution in [3.63, 3.8) is 0 Å². The molecule has 106 valence electrons. The van der Waals surface area contributed by atoms with Crippen molar-refractivity contribution in [2.24, 2.45) is 0 Å². The van der Waals surface area contributed by atoms with Crippen LogP contribution in [0.2, 0.25) is 0 Å². The Bertz CT molecular complexity index is 548. The van der Waals surface area contributed by atoms with Gasteiger partial charge in [0.25, 0.3) is 0 Å². The van der Waals surface area contributed by atoms with Crippen LogP contribution in [0.5, 0.6) is 0 Å². The molecule has 0 saturated carbocycles. The van der Waals surface area contributed by atoms with Crippen molar-refractivity contribution in [3.8, 4) is 0 Å². The van der Waals surface area contributed by atoms with Crippen LogP contribution in [0.3, 0.4) is 0 Å². The van der Waals surface area contributed by atoms with Gasteiger partial charge in [0.05, 0.1) is 19.1 Å². The van der Waals surface area contributed by atoms with E-state index in [9.17, 15) is 14.7 Å². The number of aliphatic carboxylic acids is 1. The summed E-state index contributed by atoms with van der Waals surface area (Å²) in [6.07, 6.45) is 0. The minimum absolute atomic E-state index is 0.0720. The Morgan fingerprint density at radius 1 is 1.35 bits per heavy atom. The zero-order valence-corrected chi connectivity index (χ0v) is 11.6. The number of fused-ring (bicyclic) bond motifs is 1. The Balaban J connectivity index is 1.84. The molecule has 1 aromatic carbocycles. The highest BCUT2D eigenvalue weighted by Crippen LogP contribution is 2.40. The number of carboxylic acids is 1. The van der Waals surface area contributed by atoms with Gasteiger partial charge in [-0.15, -0.1) is 11.8 Å². The first kappa shape index (κ1) is 13.5. The molecule has 0 radical (unpaired) electrons. The smallest absolute Gasteiger partial charge is 0.328 e. The van der Waals surface area contributed by atoms with Gasteiger partial charge in [0.1, 0.15) is 0 Å². The number of amides is 1. The molecule has 2 aliphatic rings. The third-order valence-corrected chi connectivity index (χ3v) is 4.88. The van der Waals surface area contributed by atoms with E-state index in [4.69, 9.17) is 4.74 Å². The van der Waals surface area contributed by atoms with Crippen LogP contribution in [0.25, 0.3) is 0 Å². The molecule has 6 heteroatoms. The maximum Gasteiger partial charge on any atom is 0.328 e. The van der Waals surface area contributed by atoms with E-state index >= 15 is 0 Å². The third kappa shape index (κ3) is 2.29. The van der Waals surface area contributed by atoms with Crippen molar-refractivity contribution in [2.75, 3.05) is 25.5 Å². The average molecular weight is 293 g/mol. The summed E-state index contributed by atoms with van der Waals surface area (Å²) in [4.78, 5) is 26.5. The molecule has 0 unspecified atom stereocenters. The second-order valence-electron chi connectivity index (χ2n) is 4.86. The summed E-state index contributed by atoms with van der Waals surface area (Å²) in [5, 5.41) is 9.22. The molecule has 1 fully saturated rings. The highest BCUT2D eigenvalue weighted by Gasteiger charge is 2.38. The topological polar surface area (TPSA) is 66.8 Å². The summed E-state index contributed by atoms with van der Waals surface area (Å²) >= 11 is 1.65. The van der Waals surface area contributed by atoms with Crippen molar-refractivity contribution < 1.29 is 19.4 Å². The molecular weight excluding hydrogens is 278 g/mol. The molecule has 1 aromatic rings. The lowest BCUT2D eigenvalue weighted by Crippen LogP contribution is -2.53. The van der Waals surface area contributed by atoms with E-state index in [-0.39, 0.29) is 18.4 Å². The molecule has 20 heavy (non-hydrogen) atoms. The quantitative estimate of drug-likeness (QED) is 0.887. The van der Waals surface area contributed by atoms with Gasteiger partial charge in [-0.2, -0.15) is 0 Å². The second kappa shape index (κ2) is 5.46. The van der Waals surface area contributed by atoms with E-state index in [2.05, 4.69) is 0 Å². The molecule has 1 N–H and O–H groups in total. The molecule has 1 saturated heterocycles. The molecule has 2 atom stereocenters. The second-order valence-corrected chi connectivity index (χ2v) is 5.92. The first-order chi connectivity index (χ1) is 9.68. The lowest BCUT2D eigenvalue weighted by molar-refractivity contribution is -0.158. The molecule has 2 heterocycles. The van der Waals surface area contributed by atoms with Gasteiger partial charge in [-0.05, 0) is 11.6 Å². The fourth-order valence-corrected chi connectivity index (χ4v) is 3.86. The molecule has 0 bridgehead atoms. The van der Waals surface area contributed by atoms with E-state index in [0.29, 0.717) is 18.9 Å². The van der Waals surface area contributed by atoms with Crippen molar-refractivity contribution in [1.29, 1.82) is 0 Å². The summed E-state index contributed by atoms with van der Waals surface area (Å²) in [6, 6.07) is 6.95. The first-order valence-corrected chi connectivity index (χ1v) is 7.50. The summed E-state index contributed by atoms with van der Waals surface area (Å²) in [5.41, 5.74) is 1.01. The van der Waals surface area contributed by atoms with Crippen LogP contribution < -0.4 is 0 Å². The normalized spacial score (nSPS) is 25.3. The Labute approximate surface area is 120 Å². The van der Waals surface area contributed by atoms with Crippen LogP contribution in [0.15, 0.2) is 29.2 Å². The minimum Gasteiger partial charge on any atom is -0.480 e. The van der Waals surface area contributed by atoms with Gasteiger partial charge in [-0.25, -0.2) is 4.79 Å². The number of hydrogen-bond acceptors (Lipinski definition) is 4. The van der Waals surface area contributed by atoms with E-state index in [1.54, 1.807) is 11.8 Å². The van der Waals surface area contributed by atoms with Crippen LogP contribution in [0, 0.1) is 0 Å². The first-order valence-electron chi connectivity index (χ1n) is 6.51. The number of hydrogen-bond donors (Lipinski definition) is 1. The number of benzene rings is 1. The van der Waals surface area contributed by atoms with Crippen LogP contribution >= 0.6 is 11.8 Å². The Morgan fingerprint density at radius 3 is 2.95 bits per heavy atom. The van der Waals surface area contributed by atoms with E-state index in [0.717, 1.165) is 10.5 Å². The molecule has 5 nitrogen and oxygen atoms in total. The number of carbonyl (C=O) groups is 2. The number of nitrogens with zero attached hydrogens (tertiary/aromatic N) is 1. The van der Waals surface area contributed by atoms with Crippen LogP contribution in [0.4, 0.5) is 0 Å². The number of thioether (sulfide) groups is 1. The standard InChI is InChI=1S/C14H15NO4S/c16-13(15-5-6-19-7-11(15)14(17)18)10-8-20-12-4-2-1-3-9(10)12/h1-4,10-11H,5-8H2,(H,17,18)/t10-,11+/m0/s1. The third-order valence-electron chi connectivity index (χ3n) is 3.69. The maximum atomic E-state index is 12.7. The van der Waals surface area contributed by atoms with Gasteiger partial charge >= 0.3 is 5.97 Å². The average Bonchev–Trinajstić information content (AvgIpc) is 2.90. The van der Waals surface area contributed by atoms with E-state index in [1.165, 1.54) is 4.90 Å². The predicted octanol–water partition coefficient (Wildman–Crippen LogP) is 1.19. The summed E-state index contributed by atoms with van der Waals surface area (Å²) in [7, 11) is 0. The fourth-order valence-electron chi connectivity index (χ4n) is 2.64. The highest BCUT2D eigenvalue weighted by atomic mass is 32.2. The number of rotatable bonds is 2. The molecule has 0 aliphatic carbocycles. The number of ether oxygens (including phenoxy) is 1. The zero-order chi connectivity index (χ0) is 14.1. The SMILES string of the molecule is O=C(O)[C@H]1COCCN1C(=O)[C@H]1CSc2ccccc21. The van der Waals surface area contributed by atoms with Gasteiger partial charge < -0.3 is 14.7 Å². The molecular formula is C14H15NO4S. The van der Waals surface area contributed by atoms with Crippen molar-refractivity contribution >= 4 is 23.6 Å². The van der Waals surface area contributed by atoms with E-state index < -0.39 is 12.0 Å².